The van der Waals surface area contributed by atoms with Gasteiger partial charge in [-0.25, -0.2) is 0 Å². The summed E-state index contributed by atoms with van der Waals surface area (Å²) >= 11 is 0. The van der Waals surface area contributed by atoms with Gasteiger partial charge in [0.15, 0.2) is 0 Å². The Balaban J connectivity index is 2.27. The Morgan fingerprint density at radius 1 is 0.952 bits per heavy atom. The first-order chi connectivity index (χ1) is 10.3. The van der Waals surface area contributed by atoms with Crippen LogP contribution in [0.4, 0.5) is 0 Å². The maximum Gasteiger partial charge on any atom is 0.130 e. The maximum atomic E-state index is 5.71. The summed E-state index contributed by atoms with van der Waals surface area (Å²) in [6.07, 6.45) is 2.75. The number of benzene rings is 4. The highest BCUT2D eigenvalue weighted by Crippen LogP contribution is 2.40. The molecule has 0 radical (unpaired) electrons. The molecule has 0 heterocycles. The summed E-state index contributed by atoms with van der Waals surface area (Å²) in [7, 11) is 1.75. The molecule has 0 amide bonds. The van der Waals surface area contributed by atoms with Gasteiger partial charge in [0.05, 0.1) is 7.11 Å². The summed E-state index contributed by atoms with van der Waals surface area (Å²) in [6, 6.07) is 17.5. The molecule has 1 nitrogen and oxygen atoms in total. The van der Waals surface area contributed by atoms with Crippen molar-refractivity contribution in [1.29, 1.82) is 0 Å². The number of ether oxygens (including phenoxy) is 1. The Bertz CT molecular complexity index is 950. The van der Waals surface area contributed by atoms with Gasteiger partial charge in [0.2, 0.25) is 0 Å². The minimum absolute atomic E-state index is 0.819. The Hall–Kier alpha value is -2.54. The molecule has 0 fully saturated rings. The van der Waals surface area contributed by atoms with Crippen LogP contribution >= 0.6 is 0 Å². The first-order valence-corrected chi connectivity index (χ1v) is 7.18. The van der Waals surface area contributed by atoms with E-state index in [2.05, 4.69) is 55.1 Å². The van der Waals surface area contributed by atoms with Crippen molar-refractivity contribution in [3.8, 4) is 5.75 Å². The normalized spacial score (nSPS) is 11.5. The Kier molecular flexibility index (Phi) is 2.61. The van der Waals surface area contributed by atoms with Crippen molar-refractivity contribution in [3.63, 3.8) is 0 Å². The zero-order chi connectivity index (χ0) is 14.4. The fraction of sp³-hybridized carbons (Fsp3) is 0.100. The molecule has 0 bridgehead atoms. The van der Waals surface area contributed by atoms with Crippen molar-refractivity contribution in [3.05, 3.63) is 66.7 Å². The first kappa shape index (κ1) is 12.2. The summed E-state index contributed by atoms with van der Waals surface area (Å²) in [5.41, 5.74) is 1.19. The SMILES string of the molecule is C=CCc1cc2ccc3cccc4ccc(c1OC)c2c34. The molecule has 102 valence electrons. The van der Waals surface area contributed by atoms with E-state index in [1.54, 1.807) is 7.11 Å². The van der Waals surface area contributed by atoms with Gasteiger partial charge >= 0.3 is 0 Å². The minimum Gasteiger partial charge on any atom is -0.496 e. The zero-order valence-electron chi connectivity index (χ0n) is 12.0. The monoisotopic (exact) mass is 272 g/mol. The first-order valence-electron chi connectivity index (χ1n) is 7.18. The van der Waals surface area contributed by atoms with Crippen LogP contribution in [-0.2, 0) is 6.42 Å². The van der Waals surface area contributed by atoms with E-state index in [4.69, 9.17) is 4.74 Å². The van der Waals surface area contributed by atoms with Crippen LogP contribution < -0.4 is 4.74 Å². The lowest BCUT2D eigenvalue weighted by atomic mass is 9.91. The number of methoxy groups -OCH3 is 1. The number of hydrogen-bond acceptors (Lipinski definition) is 1. The third kappa shape index (κ3) is 1.64. The number of allylic oxidation sites excluding steroid dienone is 1. The quantitative estimate of drug-likeness (QED) is 0.362. The Morgan fingerprint density at radius 3 is 2.38 bits per heavy atom. The highest BCUT2D eigenvalue weighted by atomic mass is 16.5. The second-order valence-corrected chi connectivity index (χ2v) is 5.42. The van der Waals surface area contributed by atoms with Crippen LogP contribution in [0, 0.1) is 0 Å². The molecule has 0 saturated heterocycles. The van der Waals surface area contributed by atoms with E-state index < -0.39 is 0 Å². The van der Waals surface area contributed by atoms with Crippen LogP contribution in [0.25, 0.3) is 32.3 Å². The predicted molar refractivity (Wildman–Crippen MR) is 90.6 cm³/mol. The smallest absolute Gasteiger partial charge is 0.130 e. The minimum atomic E-state index is 0.819. The number of hydrogen-bond donors (Lipinski definition) is 0. The van der Waals surface area contributed by atoms with Gasteiger partial charge in [-0.1, -0.05) is 42.5 Å². The second-order valence-electron chi connectivity index (χ2n) is 5.42. The van der Waals surface area contributed by atoms with E-state index in [9.17, 15) is 0 Å². The maximum absolute atomic E-state index is 5.71. The largest absolute Gasteiger partial charge is 0.496 e. The summed E-state index contributed by atoms with van der Waals surface area (Å²) in [6.45, 7) is 3.86. The summed E-state index contributed by atoms with van der Waals surface area (Å²) in [5.74, 6) is 0.973. The average Bonchev–Trinajstić information content (AvgIpc) is 2.52. The third-order valence-electron chi connectivity index (χ3n) is 4.24. The van der Waals surface area contributed by atoms with Gasteiger partial charge in [0, 0.05) is 10.8 Å². The van der Waals surface area contributed by atoms with Crippen LogP contribution in [0.1, 0.15) is 5.56 Å². The molecule has 0 aliphatic heterocycles. The van der Waals surface area contributed by atoms with E-state index in [1.807, 2.05) is 6.08 Å². The van der Waals surface area contributed by atoms with E-state index in [1.165, 1.54) is 37.9 Å². The van der Waals surface area contributed by atoms with Crippen molar-refractivity contribution in [2.75, 3.05) is 7.11 Å². The fourth-order valence-electron chi connectivity index (χ4n) is 3.39. The molecule has 0 N–H and O–H groups in total. The van der Waals surface area contributed by atoms with Gasteiger partial charge in [0.1, 0.15) is 5.75 Å². The molecule has 4 rings (SSSR count). The summed E-state index contributed by atoms with van der Waals surface area (Å²) in [5, 5.41) is 7.66. The Morgan fingerprint density at radius 2 is 1.67 bits per heavy atom. The van der Waals surface area contributed by atoms with Gasteiger partial charge in [-0.3, -0.25) is 0 Å². The lowest BCUT2D eigenvalue weighted by molar-refractivity contribution is 0.416. The van der Waals surface area contributed by atoms with Gasteiger partial charge in [-0.2, -0.15) is 0 Å². The standard InChI is InChI=1S/C20H16O/c1-3-5-16-12-15-9-8-13-6-4-7-14-10-11-17(20(16)21-2)19(15)18(13)14/h3-4,6-12H,1,5H2,2H3. The van der Waals surface area contributed by atoms with Crippen LogP contribution in [0.5, 0.6) is 5.75 Å². The molecule has 0 spiro atoms. The van der Waals surface area contributed by atoms with Crippen LogP contribution in [-0.4, -0.2) is 7.11 Å². The van der Waals surface area contributed by atoms with Crippen molar-refractivity contribution >= 4 is 32.3 Å². The van der Waals surface area contributed by atoms with E-state index >= 15 is 0 Å². The topological polar surface area (TPSA) is 9.23 Å². The second kappa shape index (κ2) is 4.49. The molecule has 0 saturated carbocycles. The lowest BCUT2D eigenvalue weighted by Crippen LogP contribution is -1.94. The molecule has 4 aromatic rings. The van der Waals surface area contributed by atoms with Crippen molar-refractivity contribution in [2.45, 2.75) is 6.42 Å². The van der Waals surface area contributed by atoms with Crippen molar-refractivity contribution < 1.29 is 4.74 Å². The summed E-state index contributed by atoms with van der Waals surface area (Å²) < 4.78 is 5.71. The van der Waals surface area contributed by atoms with E-state index in [0.717, 1.165) is 12.2 Å². The molecule has 0 aliphatic rings. The van der Waals surface area contributed by atoms with E-state index in [0.29, 0.717) is 0 Å². The molecule has 0 aliphatic carbocycles. The average molecular weight is 272 g/mol. The third-order valence-corrected chi connectivity index (χ3v) is 4.24. The van der Waals surface area contributed by atoms with Gasteiger partial charge in [-0.05, 0) is 45.7 Å². The van der Waals surface area contributed by atoms with Gasteiger partial charge < -0.3 is 4.74 Å². The van der Waals surface area contributed by atoms with Gasteiger partial charge in [-0.15, -0.1) is 6.58 Å². The Labute approximate surface area is 123 Å². The van der Waals surface area contributed by atoms with Gasteiger partial charge in [0.25, 0.3) is 0 Å². The highest BCUT2D eigenvalue weighted by Gasteiger charge is 2.14. The molecular weight excluding hydrogens is 256 g/mol. The van der Waals surface area contributed by atoms with Crippen LogP contribution in [0.2, 0.25) is 0 Å². The zero-order valence-corrected chi connectivity index (χ0v) is 12.0. The lowest BCUT2D eigenvalue weighted by Gasteiger charge is -2.16. The molecule has 0 unspecified atom stereocenters. The summed E-state index contributed by atoms with van der Waals surface area (Å²) in [4.78, 5) is 0. The molecular formula is C20H16O. The highest BCUT2D eigenvalue weighted by molar-refractivity contribution is 6.24. The van der Waals surface area contributed by atoms with Crippen molar-refractivity contribution in [1.82, 2.24) is 0 Å². The fourth-order valence-corrected chi connectivity index (χ4v) is 3.39. The molecule has 1 heteroatoms. The molecule has 4 aromatic carbocycles. The van der Waals surface area contributed by atoms with E-state index in [-0.39, 0.29) is 0 Å². The van der Waals surface area contributed by atoms with Crippen molar-refractivity contribution in [2.24, 2.45) is 0 Å². The van der Waals surface area contributed by atoms with Crippen LogP contribution in [0.15, 0.2) is 61.2 Å². The molecule has 21 heavy (non-hydrogen) atoms. The molecule has 0 aromatic heterocycles. The molecule has 0 atom stereocenters. The van der Waals surface area contributed by atoms with Crippen LogP contribution in [0.3, 0.4) is 0 Å². The number of rotatable bonds is 3. The predicted octanol–water partition coefficient (Wildman–Crippen LogP) is 5.32.